The molecule has 0 saturated carbocycles. The Morgan fingerprint density at radius 2 is 1.95 bits per heavy atom. The summed E-state index contributed by atoms with van der Waals surface area (Å²) in [6.45, 7) is 0. The molecule has 0 aliphatic heterocycles. The second kappa shape index (κ2) is 5.21. The van der Waals surface area contributed by atoms with Gasteiger partial charge in [-0.05, 0) is 24.3 Å². The van der Waals surface area contributed by atoms with E-state index in [0.29, 0.717) is 11.4 Å². The van der Waals surface area contributed by atoms with Crippen LogP contribution in [0.1, 0.15) is 6.42 Å². The molecule has 1 heterocycles. The lowest BCUT2D eigenvalue weighted by Gasteiger charge is -2.05. The molecule has 2 aromatic rings. The zero-order valence-corrected chi connectivity index (χ0v) is 9.79. The molecular weight excluding hydrogens is 250 g/mol. The number of carbonyl (C=O) groups is 2. The Morgan fingerprint density at radius 3 is 2.47 bits per heavy atom. The van der Waals surface area contributed by atoms with E-state index in [9.17, 15) is 14.4 Å². The number of carboxylic acid groups (broad SMARTS) is 1. The van der Waals surface area contributed by atoms with Gasteiger partial charge in [-0.2, -0.15) is 0 Å². The van der Waals surface area contributed by atoms with Crippen molar-refractivity contribution in [2.75, 3.05) is 5.32 Å². The first kappa shape index (κ1) is 12.6. The lowest BCUT2D eigenvalue weighted by molar-refractivity contribution is -0.139. The van der Waals surface area contributed by atoms with Crippen molar-refractivity contribution in [3.8, 4) is 5.69 Å². The van der Waals surface area contributed by atoms with E-state index in [1.165, 1.54) is 10.8 Å². The summed E-state index contributed by atoms with van der Waals surface area (Å²) in [4.78, 5) is 35.5. The van der Waals surface area contributed by atoms with Crippen LogP contribution in [0.4, 0.5) is 5.69 Å². The Morgan fingerprint density at radius 1 is 1.26 bits per heavy atom. The highest BCUT2D eigenvalue weighted by atomic mass is 16.4. The summed E-state index contributed by atoms with van der Waals surface area (Å²) in [7, 11) is 0. The van der Waals surface area contributed by atoms with Crippen LogP contribution < -0.4 is 11.0 Å². The zero-order chi connectivity index (χ0) is 13.8. The maximum absolute atomic E-state index is 11.4. The number of carbonyl (C=O) groups excluding carboxylic acids is 1. The quantitative estimate of drug-likeness (QED) is 0.700. The van der Waals surface area contributed by atoms with Gasteiger partial charge in [0.05, 0.1) is 5.69 Å². The van der Waals surface area contributed by atoms with Gasteiger partial charge < -0.3 is 15.4 Å². The molecule has 19 heavy (non-hydrogen) atoms. The number of hydrogen-bond acceptors (Lipinski definition) is 3. The largest absolute Gasteiger partial charge is 0.481 e. The van der Waals surface area contributed by atoms with E-state index in [0.717, 1.165) is 0 Å². The number of rotatable bonds is 4. The minimum atomic E-state index is -1.19. The molecule has 0 bridgehead atoms. The van der Waals surface area contributed by atoms with Crippen molar-refractivity contribution in [1.29, 1.82) is 0 Å². The second-order valence-electron chi connectivity index (χ2n) is 3.80. The van der Waals surface area contributed by atoms with Crippen molar-refractivity contribution in [2.24, 2.45) is 0 Å². The first-order valence-corrected chi connectivity index (χ1v) is 5.44. The number of imidazole rings is 1. The number of amides is 1. The summed E-state index contributed by atoms with van der Waals surface area (Å²) in [5, 5.41) is 10.9. The highest BCUT2D eigenvalue weighted by molar-refractivity contribution is 6.01. The number of nitrogens with zero attached hydrogens (tertiary/aromatic N) is 1. The third-order valence-electron chi connectivity index (χ3n) is 2.39. The lowest BCUT2D eigenvalue weighted by atomic mass is 10.2. The van der Waals surface area contributed by atoms with Gasteiger partial charge in [0.25, 0.3) is 0 Å². The number of anilines is 1. The fraction of sp³-hybridized carbons (Fsp3) is 0.0833. The van der Waals surface area contributed by atoms with Crippen LogP contribution in [-0.4, -0.2) is 26.5 Å². The fourth-order valence-corrected chi connectivity index (χ4v) is 1.57. The van der Waals surface area contributed by atoms with Crippen molar-refractivity contribution in [1.82, 2.24) is 9.55 Å². The van der Waals surface area contributed by atoms with Crippen LogP contribution in [0.25, 0.3) is 5.69 Å². The van der Waals surface area contributed by atoms with E-state index in [-0.39, 0.29) is 5.69 Å². The fourth-order valence-electron chi connectivity index (χ4n) is 1.57. The van der Waals surface area contributed by atoms with Gasteiger partial charge >= 0.3 is 11.7 Å². The van der Waals surface area contributed by atoms with E-state index in [1.807, 2.05) is 0 Å². The predicted octanol–water partition coefficient (Wildman–Crippen LogP) is 0.579. The van der Waals surface area contributed by atoms with Gasteiger partial charge in [-0.1, -0.05) is 0 Å². The Hall–Kier alpha value is -2.83. The van der Waals surface area contributed by atoms with Crippen molar-refractivity contribution < 1.29 is 14.7 Å². The summed E-state index contributed by atoms with van der Waals surface area (Å²) in [6.07, 6.45) is 2.52. The molecule has 0 aliphatic rings. The maximum Gasteiger partial charge on any atom is 0.330 e. The van der Waals surface area contributed by atoms with Gasteiger partial charge in [0.1, 0.15) is 6.42 Å². The standard InChI is InChI=1S/C12H11N3O4/c16-10(7-11(17)18)14-8-1-3-9(4-2-8)15-6-5-13-12(15)19/h1-6H,7H2,(H,13,19)(H,14,16)(H,17,18). The van der Waals surface area contributed by atoms with Gasteiger partial charge in [0.2, 0.25) is 5.91 Å². The minimum Gasteiger partial charge on any atom is -0.481 e. The zero-order valence-electron chi connectivity index (χ0n) is 9.79. The van der Waals surface area contributed by atoms with E-state index in [4.69, 9.17) is 5.11 Å². The molecule has 0 radical (unpaired) electrons. The van der Waals surface area contributed by atoms with Gasteiger partial charge in [-0.3, -0.25) is 14.2 Å². The summed E-state index contributed by atoms with van der Waals surface area (Å²) >= 11 is 0. The van der Waals surface area contributed by atoms with Crippen molar-refractivity contribution >= 4 is 17.6 Å². The molecule has 0 saturated heterocycles. The molecule has 2 rings (SSSR count). The number of aliphatic carboxylic acids is 1. The summed E-state index contributed by atoms with van der Waals surface area (Å²) in [5.74, 6) is -1.79. The first-order chi connectivity index (χ1) is 9.06. The molecule has 1 aromatic heterocycles. The molecule has 1 aromatic carbocycles. The van der Waals surface area contributed by atoms with Crippen LogP contribution in [0.5, 0.6) is 0 Å². The molecule has 0 atom stereocenters. The molecule has 0 unspecified atom stereocenters. The molecule has 0 aliphatic carbocycles. The lowest BCUT2D eigenvalue weighted by Crippen LogP contribution is -2.16. The second-order valence-corrected chi connectivity index (χ2v) is 3.80. The van der Waals surface area contributed by atoms with Crippen LogP contribution in [0.15, 0.2) is 41.5 Å². The molecule has 98 valence electrons. The minimum absolute atomic E-state index is 0.261. The highest BCUT2D eigenvalue weighted by Crippen LogP contribution is 2.12. The number of aromatic nitrogens is 2. The molecule has 0 fully saturated rings. The number of benzene rings is 1. The van der Waals surface area contributed by atoms with E-state index in [2.05, 4.69) is 10.3 Å². The Balaban J connectivity index is 2.11. The van der Waals surface area contributed by atoms with Crippen LogP contribution in [0, 0.1) is 0 Å². The monoisotopic (exact) mass is 261 g/mol. The number of aromatic amines is 1. The first-order valence-electron chi connectivity index (χ1n) is 5.44. The molecule has 1 amide bonds. The third-order valence-corrected chi connectivity index (χ3v) is 2.39. The predicted molar refractivity (Wildman–Crippen MR) is 67.3 cm³/mol. The van der Waals surface area contributed by atoms with E-state index < -0.39 is 18.3 Å². The molecule has 3 N–H and O–H groups in total. The van der Waals surface area contributed by atoms with E-state index >= 15 is 0 Å². The molecule has 0 spiro atoms. The number of hydrogen-bond donors (Lipinski definition) is 3. The number of carboxylic acids is 1. The third kappa shape index (κ3) is 3.09. The van der Waals surface area contributed by atoms with Crippen LogP contribution >= 0.6 is 0 Å². The number of H-pyrrole nitrogens is 1. The highest BCUT2D eigenvalue weighted by Gasteiger charge is 2.07. The average Bonchev–Trinajstić information content (AvgIpc) is 2.75. The van der Waals surface area contributed by atoms with Crippen LogP contribution in [0.3, 0.4) is 0 Å². The summed E-state index contributed by atoms with van der Waals surface area (Å²) in [6, 6.07) is 6.47. The van der Waals surface area contributed by atoms with Gasteiger partial charge in [-0.25, -0.2) is 4.79 Å². The van der Waals surface area contributed by atoms with Crippen LogP contribution in [0.2, 0.25) is 0 Å². The Kier molecular flexibility index (Phi) is 3.46. The SMILES string of the molecule is O=C(O)CC(=O)Nc1ccc(-n2cc[nH]c2=O)cc1. The summed E-state index contributed by atoms with van der Waals surface area (Å²) < 4.78 is 1.41. The van der Waals surface area contributed by atoms with Crippen LogP contribution in [-0.2, 0) is 9.59 Å². The number of nitrogens with one attached hydrogen (secondary N) is 2. The van der Waals surface area contributed by atoms with E-state index in [1.54, 1.807) is 30.5 Å². The van der Waals surface area contributed by atoms with Crippen molar-refractivity contribution in [2.45, 2.75) is 6.42 Å². The topological polar surface area (TPSA) is 104 Å². The molecule has 7 heteroatoms. The maximum atomic E-state index is 11.4. The normalized spacial score (nSPS) is 10.1. The Bertz CT molecular complexity index is 654. The Labute approximate surface area is 107 Å². The van der Waals surface area contributed by atoms with Gasteiger partial charge in [0.15, 0.2) is 0 Å². The van der Waals surface area contributed by atoms with Crippen molar-refractivity contribution in [3.63, 3.8) is 0 Å². The van der Waals surface area contributed by atoms with Crippen molar-refractivity contribution in [3.05, 3.63) is 47.1 Å². The smallest absolute Gasteiger partial charge is 0.330 e. The summed E-state index contributed by atoms with van der Waals surface area (Å²) in [5.41, 5.74) is 0.851. The van der Waals surface area contributed by atoms with Gasteiger partial charge in [-0.15, -0.1) is 0 Å². The molecular formula is C12H11N3O4. The van der Waals surface area contributed by atoms with Gasteiger partial charge in [0, 0.05) is 18.1 Å². The average molecular weight is 261 g/mol. The molecule has 7 nitrogen and oxygen atoms in total.